The molecule has 126 valence electrons. The first kappa shape index (κ1) is 15.3. The van der Waals surface area contributed by atoms with E-state index < -0.39 is 0 Å². The molecule has 0 saturated carbocycles. The van der Waals surface area contributed by atoms with E-state index in [1.165, 1.54) is 10.9 Å². The minimum absolute atomic E-state index is 0.224. The van der Waals surface area contributed by atoms with Gasteiger partial charge in [-0.05, 0) is 30.2 Å². The minimum Gasteiger partial charge on any atom is -0.493 e. The number of fused-ring (bicyclic) bond motifs is 2. The van der Waals surface area contributed by atoms with Crippen LogP contribution in [0.3, 0.4) is 0 Å². The van der Waals surface area contributed by atoms with E-state index in [1.54, 1.807) is 13.2 Å². The van der Waals surface area contributed by atoms with E-state index in [0.29, 0.717) is 23.6 Å². The van der Waals surface area contributed by atoms with Crippen molar-refractivity contribution in [1.82, 2.24) is 10.3 Å². The van der Waals surface area contributed by atoms with Crippen LogP contribution in [-0.4, -0.2) is 24.5 Å². The number of rotatable bonds is 5. The van der Waals surface area contributed by atoms with Crippen LogP contribution >= 0.6 is 0 Å². The molecule has 0 fully saturated rings. The summed E-state index contributed by atoms with van der Waals surface area (Å²) in [6, 6.07) is 15.4. The topological polar surface area (TPSA) is 67.3 Å². The number of benzene rings is 2. The molecule has 4 aromatic rings. The van der Waals surface area contributed by atoms with Crippen LogP contribution in [0.15, 0.2) is 59.1 Å². The molecule has 2 aromatic carbocycles. The number of aromatic nitrogens is 1. The van der Waals surface area contributed by atoms with Crippen LogP contribution in [0, 0.1) is 0 Å². The number of furan rings is 1. The Hall–Kier alpha value is -3.21. The van der Waals surface area contributed by atoms with Gasteiger partial charge in [-0.1, -0.05) is 30.3 Å². The van der Waals surface area contributed by atoms with Crippen molar-refractivity contribution in [3.63, 3.8) is 0 Å². The molecule has 25 heavy (non-hydrogen) atoms. The van der Waals surface area contributed by atoms with Gasteiger partial charge in [0, 0.05) is 29.0 Å². The highest BCUT2D eigenvalue weighted by Crippen LogP contribution is 2.28. The molecule has 0 spiro atoms. The van der Waals surface area contributed by atoms with E-state index in [1.807, 2.05) is 42.6 Å². The fourth-order valence-electron chi connectivity index (χ4n) is 3.05. The second-order valence-electron chi connectivity index (χ2n) is 5.85. The summed E-state index contributed by atoms with van der Waals surface area (Å²) in [7, 11) is 1.58. The molecule has 0 aliphatic rings. The Labute approximate surface area is 144 Å². The van der Waals surface area contributed by atoms with E-state index in [2.05, 4.69) is 16.4 Å². The van der Waals surface area contributed by atoms with Gasteiger partial charge in [-0.15, -0.1) is 0 Å². The summed E-state index contributed by atoms with van der Waals surface area (Å²) in [6.07, 6.45) is 2.74. The van der Waals surface area contributed by atoms with Gasteiger partial charge in [-0.25, -0.2) is 0 Å². The third-order valence-electron chi connectivity index (χ3n) is 4.31. The Morgan fingerprint density at radius 2 is 2.08 bits per heavy atom. The van der Waals surface area contributed by atoms with Crippen LogP contribution in [0.4, 0.5) is 0 Å². The number of aromatic amines is 1. The fraction of sp³-hybridized carbons (Fsp3) is 0.150. The highest BCUT2D eigenvalue weighted by atomic mass is 16.5. The average Bonchev–Trinajstić information content (AvgIpc) is 3.25. The van der Waals surface area contributed by atoms with Crippen molar-refractivity contribution in [1.29, 1.82) is 0 Å². The zero-order valence-electron chi connectivity index (χ0n) is 13.8. The van der Waals surface area contributed by atoms with Crippen molar-refractivity contribution in [3.05, 3.63) is 66.1 Å². The SMILES string of the molecule is COc1cccc2cc(C(=O)NCCc3c[nH]c4ccccc34)oc12. The molecule has 2 heterocycles. The zero-order valence-corrected chi connectivity index (χ0v) is 13.8. The van der Waals surface area contributed by atoms with Crippen LogP contribution < -0.4 is 10.1 Å². The highest BCUT2D eigenvalue weighted by molar-refractivity contribution is 5.97. The maximum atomic E-state index is 12.4. The summed E-state index contributed by atoms with van der Waals surface area (Å²) >= 11 is 0. The third kappa shape index (κ3) is 2.85. The minimum atomic E-state index is -0.224. The summed E-state index contributed by atoms with van der Waals surface area (Å²) in [5.74, 6) is 0.687. The second kappa shape index (κ2) is 6.36. The Morgan fingerprint density at radius 1 is 1.20 bits per heavy atom. The maximum absolute atomic E-state index is 12.4. The van der Waals surface area contributed by atoms with Crippen LogP contribution in [-0.2, 0) is 6.42 Å². The second-order valence-corrected chi connectivity index (χ2v) is 5.85. The smallest absolute Gasteiger partial charge is 0.287 e. The van der Waals surface area contributed by atoms with Crippen molar-refractivity contribution >= 4 is 27.8 Å². The molecule has 5 nitrogen and oxygen atoms in total. The molecule has 0 aliphatic heterocycles. The van der Waals surface area contributed by atoms with Gasteiger partial charge in [0.15, 0.2) is 17.1 Å². The molecule has 5 heteroatoms. The Kier molecular flexibility index (Phi) is 3.90. The number of hydrogen-bond donors (Lipinski definition) is 2. The highest BCUT2D eigenvalue weighted by Gasteiger charge is 2.14. The van der Waals surface area contributed by atoms with Gasteiger partial charge in [-0.3, -0.25) is 4.79 Å². The lowest BCUT2D eigenvalue weighted by Crippen LogP contribution is -2.25. The van der Waals surface area contributed by atoms with Gasteiger partial charge < -0.3 is 19.5 Å². The van der Waals surface area contributed by atoms with Crippen LogP contribution in [0.25, 0.3) is 21.9 Å². The number of H-pyrrole nitrogens is 1. The van der Waals surface area contributed by atoms with Crippen molar-refractivity contribution in [3.8, 4) is 5.75 Å². The molecule has 4 rings (SSSR count). The van der Waals surface area contributed by atoms with Crippen LogP contribution in [0.5, 0.6) is 5.75 Å². The molecule has 0 radical (unpaired) electrons. The monoisotopic (exact) mass is 334 g/mol. The van der Waals surface area contributed by atoms with Gasteiger partial charge in [-0.2, -0.15) is 0 Å². The van der Waals surface area contributed by atoms with E-state index in [9.17, 15) is 4.79 Å². The normalized spacial score (nSPS) is 11.1. The molecule has 1 amide bonds. The summed E-state index contributed by atoms with van der Waals surface area (Å²) in [5.41, 5.74) is 2.88. The van der Waals surface area contributed by atoms with Crippen molar-refractivity contribution in [2.45, 2.75) is 6.42 Å². The number of hydrogen-bond acceptors (Lipinski definition) is 3. The molecule has 0 unspecified atom stereocenters. The lowest BCUT2D eigenvalue weighted by molar-refractivity contribution is 0.0928. The predicted octanol–water partition coefficient (Wildman–Crippen LogP) is 3.90. The van der Waals surface area contributed by atoms with Gasteiger partial charge in [0.05, 0.1) is 7.11 Å². The molecule has 2 aromatic heterocycles. The van der Waals surface area contributed by atoms with Crippen molar-refractivity contribution in [2.75, 3.05) is 13.7 Å². The predicted molar refractivity (Wildman–Crippen MR) is 97.1 cm³/mol. The molecule has 0 aliphatic carbocycles. The van der Waals surface area contributed by atoms with E-state index in [-0.39, 0.29) is 5.91 Å². The van der Waals surface area contributed by atoms with E-state index in [0.717, 1.165) is 17.3 Å². The number of nitrogens with one attached hydrogen (secondary N) is 2. The lowest BCUT2D eigenvalue weighted by Gasteiger charge is -2.03. The summed E-state index contributed by atoms with van der Waals surface area (Å²) < 4.78 is 10.9. The molecule has 0 atom stereocenters. The number of carbonyl (C=O) groups excluding carboxylic acids is 1. The number of para-hydroxylation sites is 2. The van der Waals surface area contributed by atoms with Gasteiger partial charge in [0.25, 0.3) is 5.91 Å². The molecular weight excluding hydrogens is 316 g/mol. The third-order valence-corrected chi connectivity index (χ3v) is 4.31. The number of methoxy groups -OCH3 is 1. The van der Waals surface area contributed by atoms with E-state index in [4.69, 9.17) is 9.15 Å². The summed E-state index contributed by atoms with van der Waals surface area (Å²) in [4.78, 5) is 15.6. The number of ether oxygens (including phenoxy) is 1. The Bertz CT molecular complexity index is 1050. The van der Waals surface area contributed by atoms with Crippen LogP contribution in [0.2, 0.25) is 0 Å². The first-order valence-corrected chi connectivity index (χ1v) is 8.16. The zero-order chi connectivity index (χ0) is 17.2. The van der Waals surface area contributed by atoms with Crippen molar-refractivity contribution < 1.29 is 13.9 Å². The quantitative estimate of drug-likeness (QED) is 0.582. The van der Waals surface area contributed by atoms with Crippen LogP contribution in [0.1, 0.15) is 16.1 Å². The Balaban J connectivity index is 1.45. The Morgan fingerprint density at radius 3 is 2.96 bits per heavy atom. The van der Waals surface area contributed by atoms with Crippen molar-refractivity contribution in [2.24, 2.45) is 0 Å². The summed E-state index contributed by atoms with van der Waals surface area (Å²) in [5, 5.41) is 4.95. The first-order chi connectivity index (χ1) is 12.3. The van der Waals surface area contributed by atoms with Gasteiger partial charge in [0.1, 0.15) is 0 Å². The standard InChI is InChI=1S/C20H18N2O3/c1-24-17-8-4-5-13-11-18(25-19(13)17)20(23)21-10-9-14-12-22-16-7-3-2-6-15(14)16/h2-8,11-12,22H,9-10H2,1H3,(H,21,23). The largest absolute Gasteiger partial charge is 0.493 e. The molecule has 0 saturated heterocycles. The van der Waals surface area contributed by atoms with Gasteiger partial charge in [0.2, 0.25) is 0 Å². The maximum Gasteiger partial charge on any atom is 0.287 e. The number of amides is 1. The first-order valence-electron chi connectivity index (χ1n) is 8.16. The number of carbonyl (C=O) groups is 1. The lowest BCUT2D eigenvalue weighted by atomic mass is 10.1. The van der Waals surface area contributed by atoms with Gasteiger partial charge >= 0.3 is 0 Å². The molecule has 2 N–H and O–H groups in total. The van der Waals surface area contributed by atoms with E-state index >= 15 is 0 Å². The average molecular weight is 334 g/mol. The fourth-order valence-corrected chi connectivity index (χ4v) is 3.05. The molecule has 0 bridgehead atoms. The summed E-state index contributed by atoms with van der Waals surface area (Å²) in [6.45, 7) is 0.537. The molecular formula is C20H18N2O3.